The molecule has 8 heterocycles. The van der Waals surface area contributed by atoms with Gasteiger partial charge in [0.1, 0.15) is 16.6 Å². The monoisotopic (exact) mass is 1100 g/mol. The second-order valence-corrected chi connectivity index (χ2v) is 22.9. The Labute approximate surface area is 467 Å². The molecule has 0 unspecified atom stereocenters. The van der Waals surface area contributed by atoms with E-state index in [1.165, 1.54) is 13.8 Å². The van der Waals surface area contributed by atoms with Crippen molar-refractivity contribution in [1.82, 2.24) is 49.2 Å². The summed E-state index contributed by atoms with van der Waals surface area (Å²) in [6, 6.07) is 15.1. The summed E-state index contributed by atoms with van der Waals surface area (Å²) in [4.78, 5) is 79.6. The molecular formula is C58H77ClN14O6. The maximum atomic E-state index is 13.8. The first-order valence-corrected chi connectivity index (χ1v) is 27.8. The van der Waals surface area contributed by atoms with Crippen LogP contribution in [0, 0.1) is 27.7 Å². The molecule has 4 aliphatic rings. The number of nitrogens with zero attached hydrogens (tertiary/aromatic N) is 10. The van der Waals surface area contributed by atoms with Crippen LogP contribution in [0.3, 0.4) is 0 Å². The molecule has 4 saturated heterocycles. The number of nitrogens with one attached hydrogen (secondary N) is 3. The normalized spacial score (nSPS) is 19.6. The molecule has 5 amide bonds. The number of halogens is 1. The number of ether oxygens (including phenoxy) is 1. The highest BCUT2D eigenvalue weighted by atomic mass is 35.5. The second kappa shape index (κ2) is 24.9. The van der Waals surface area contributed by atoms with E-state index < -0.39 is 5.60 Å². The molecular weight excluding hydrogens is 1020 g/mol. The Morgan fingerprint density at radius 2 is 1.18 bits per heavy atom. The first kappa shape index (κ1) is 58.0. The predicted molar refractivity (Wildman–Crippen MR) is 307 cm³/mol. The lowest BCUT2D eigenvalue weighted by molar-refractivity contribution is -0.115. The maximum Gasteiger partial charge on any atom is 0.407 e. The molecule has 20 nitrogen and oxygen atoms in total. The minimum Gasteiger partial charge on any atom is -0.444 e. The molecule has 10 rings (SSSR count). The van der Waals surface area contributed by atoms with Crippen molar-refractivity contribution in [2.24, 2.45) is 5.73 Å². The Morgan fingerprint density at radius 1 is 0.658 bits per heavy atom. The number of anilines is 3. The Bertz CT molecular complexity index is 3180. The number of benzene rings is 2. The number of rotatable bonds is 8. The van der Waals surface area contributed by atoms with Gasteiger partial charge >= 0.3 is 6.09 Å². The van der Waals surface area contributed by atoms with E-state index in [9.17, 15) is 24.0 Å². The van der Waals surface area contributed by atoms with Gasteiger partial charge in [-0.05, 0) is 138 Å². The number of aromatic nitrogens is 6. The molecule has 5 N–H and O–H groups in total. The van der Waals surface area contributed by atoms with Crippen LogP contribution in [-0.2, 0) is 14.3 Å². The number of fused-ring (bicyclic) bond motifs is 2. The van der Waals surface area contributed by atoms with Gasteiger partial charge in [-0.2, -0.15) is 10.2 Å². The number of hydrogen-bond acceptors (Lipinski definition) is 13. The molecule has 0 aliphatic carbocycles. The minimum absolute atomic E-state index is 0.0879. The van der Waals surface area contributed by atoms with E-state index in [0.717, 1.165) is 123 Å². The highest BCUT2D eigenvalue weighted by molar-refractivity contribution is 6.30. The third kappa shape index (κ3) is 14.6. The van der Waals surface area contributed by atoms with Gasteiger partial charge in [-0.3, -0.25) is 19.2 Å². The van der Waals surface area contributed by atoms with E-state index in [2.05, 4.69) is 42.9 Å². The first-order chi connectivity index (χ1) is 37.5. The van der Waals surface area contributed by atoms with Crippen LogP contribution < -0.4 is 26.6 Å². The van der Waals surface area contributed by atoms with E-state index in [0.29, 0.717) is 46.4 Å². The van der Waals surface area contributed by atoms with Gasteiger partial charge in [0.2, 0.25) is 11.8 Å². The number of likely N-dealkylation sites (N-methyl/N-ethyl adjacent to an activating group) is 1. The summed E-state index contributed by atoms with van der Waals surface area (Å²) in [5.74, 6) is 0.353. The van der Waals surface area contributed by atoms with Gasteiger partial charge in [-0.15, -0.1) is 0 Å². The summed E-state index contributed by atoms with van der Waals surface area (Å²) in [6.45, 7) is 21.3. The van der Waals surface area contributed by atoms with Crippen LogP contribution in [0.5, 0.6) is 0 Å². The van der Waals surface area contributed by atoms with E-state index in [4.69, 9.17) is 32.2 Å². The van der Waals surface area contributed by atoms with Crippen LogP contribution in [0.2, 0.25) is 5.15 Å². The third-order valence-electron chi connectivity index (χ3n) is 14.5. The van der Waals surface area contributed by atoms with E-state index in [1.54, 1.807) is 16.6 Å². The molecule has 0 bridgehead atoms. The summed E-state index contributed by atoms with van der Waals surface area (Å²) in [7, 11) is 2.05. The zero-order chi connectivity index (χ0) is 56.9. The summed E-state index contributed by atoms with van der Waals surface area (Å²) in [5, 5.41) is 18.4. The van der Waals surface area contributed by atoms with Gasteiger partial charge in [0.15, 0.2) is 11.3 Å². The standard InChI is InChI=1S/C26H33N7O2.C22H24ClN5O2.C10H20N2O2/c1-16-7-8-21(28-18(3)34)20(12-16)26(35)32-10-5-4-6-23(32)22-13-24-29-25(17(2)14-33(24)30-22)31-11-9-19(27)15-31;1-13-7-8-17(24-15(3)29)16(10-13)22(30)27-9-5-4-6-19(27)18-11-20-25-21(23)14(2)12-28(20)26-18;1-10(2,3)14-9(13)11-8-5-6-12(4)7-8/h7-8,12-14,19,23H,4-6,9-11,15,27H2,1-3H3,(H,28,34);7-8,10-12,19H,4-6,9H2,1-3H3,(H,24,29);8H,5-7H2,1-4H3,(H,11,13)/t19-,23-;19-;8-/m000/s1. The average Bonchev–Trinajstić information content (AvgIpc) is 4.32. The first-order valence-electron chi connectivity index (χ1n) is 27.5. The number of alkyl carbamates (subject to hydrolysis) is 1. The van der Waals surface area contributed by atoms with Crippen LogP contribution in [-0.4, -0.2) is 138 Å². The third-order valence-corrected chi connectivity index (χ3v) is 14.9. The number of hydrogen-bond donors (Lipinski definition) is 4. The van der Waals surface area contributed by atoms with Crippen LogP contribution >= 0.6 is 11.6 Å². The van der Waals surface area contributed by atoms with Crippen molar-refractivity contribution < 1.29 is 28.7 Å². The quantitative estimate of drug-likeness (QED) is 0.105. The van der Waals surface area contributed by atoms with Crippen molar-refractivity contribution in [2.45, 2.75) is 143 Å². The highest BCUT2D eigenvalue weighted by Crippen LogP contribution is 2.36. The molecule has 4 aromatic heterocycles. The van der Waals surface area contributed by atoms with E-state index in [-0.39, 0.29) is 53.9 Å². The maximum absolute atomic E-state index is 13.8. The fourth-order valence-corrected chi connectivity index (χ4v) is 10.9. The Hall–Kier alpha value is -7.16. The number of amides is 5. The molecule has 2 aromatic carbocycles. The summed E-state index contributed by atoms with van der Waals surface area (Å²) >= 11 is 6.16. The van der Waals surface area contributed by atoms with Crippen LogP contribution in [0.1, 0.15) is 152 Å². The van der Waals surface area contributed by atoms with Gasteiger partial charge in [0.25, 0.3) is 11.8 Å². The SMILES string of the molecule is CC(=O)Nc1ccc(C)cc1C(=O)N1CCCC[C@H]1c1cc2nc(Cl)c(C)cn2n1.CC(=O)Nc1ccc(C)cc1C(=O)N1CCCC[C@H]1c1cc2nc(N3CC[C@H](N)C3)c(C)cn2n1.CN1CC[C@H](NC(=O)OC(C)(C)C)C1. The van der Waals surface area contributed by atoms with Crippen molar-refractivity contribution >= 4 is 69.8 Å². The molecule has 79 heavy (non-hydrogen) atoms. The van der Waals surface area contributed by atoms with Crippen LogP contribution in [0.15, 0.2) is 60.9 Å². The van der Waals surface area contributed by atoms with Gasteiger partial charge in [-0.1, -0.05) is 34.9 Å². The van der Waals surface area contributed by atoms with Crippen molar-refractivity contribution in [3.05, 3.63) is 111 Å². The zero-order valence-corrected chi connectivity index (χ0v) is 48.1. The van der Waals surface area contributed by atoms with Crippen molar-refractivity contribution in [3.63, 3.8) is 0 Å². The van der Waals surface area contributed by atoms with Crippen molar-refractivity contribution in [3.8, 4) is 0 Å². The minimum atomic E-state index is -0.408. The molecule has 0 spiro atoms. The van der Waals surface area contributed by atoms with E-state index in [1.807, 2.05) is 112 Å². The van der Waals surface area contributed by atoms with E-state index >= 15 is 0 Å². The van der Waals surface area contributed by atoms with Gasteiger partial charge < -0.3 is 46.0 Å². The van der Waals surface area contributed by atoms with Gasteiger partial charge in [-0.25, -0.2) is 23.8 Å². The van der Waals surface area contributed by atoms with Crippen LogP contribution in [0.25, 0.3) is 11.3 Å². The smallest absolute Gasteiger partial charge is 0.407 e. The molecule has 422 valence electrons. The molecule has 0 radical (unpaired) electrons. The largest absolute Gasteiger partial charge is 0.444 e. The van der Waals surface area contributed by atoms with Gasteiger partial charge in [0.05, 0.1) is 46.0 Å². The Kier molecular flexibility index (Phi) is 18.3. The number of likely N-dealkylation sites (tertiary alicyclic amines) is 3. The molecule has 0 saturated carbocycles. The second-order valence-electron chi connectivity index (χ2n) is 22.6. The molecule has 4 fully saturated rings. The zero-order valence-electron chi connectivity index (χ0n) is 47.4. The van der Waals surface area contributed by atoms with Crippen molar-refractivity contribution in [2.75, 3.05) is 61.8 Å². The fraction of sp³-hybridized carbons (Fsp3) is 0.500. The number of aryl methyl sites for hydroxylation is 4. The molecule has 4 aliphatic heterocycles. The molecule has 4 atom stereocenters. The Morgan fingerprint density at radius 3 is 1.65 bits per heavy atom. The highest BCUT2D eigenvalue weighted by Gasteiger charge is 2.34. The van der Waals surface area contributed by atoms with Gasteiger partial charge in [0, 0.05) is 94.3 Å². The topological polar surface area (TPSA) is 230 Å². The number of nitrogens with two attached hydrogens (primary N) is 1. The fourth-order valence-electron chi connectivity index (χ4n) is 10.7. The lowest BCUT2D eigenvalue weighted by Gasteiger charge is -2.35. The molecule has 6 aromatic rings. The van der Waals surface area contributed by atoms with Crippen LogP contribution in [0.4, 0.5) is 22.0 Å². The predicted octanol–water partition coefficient (Wildman–Crippen LogP) is 8.75. The Balaban J connectivity index is 0.000000170. The summed E-state index contributed by atoms with van der Waals surface area (Å²) in [6.07, 6.45) is 11.1. The summed E-state index contributed by atoms with van der Waals surface area (Å²) in [5.41, 5.74) is 14.7. The number of carbonyl (C=O) groups excluding carboxylic acids is 5. The lowest BCUT2D eigenvalue weighted by Crippen LogP contribution is -2.40. The van der Waals surface area contributed by atoms with Crippen molar-refractivity contribution in [1.29, 1.82) is 0 Å². The number of carbonyl (C=O) groups is 5. The molecule has 21 heteroatoms. The summed E-state index contributed by atoms with van der Waals surface area (Å²) < 4.78 is 8.69. The average molecular weight is 1100 g/mol. The lowest BCUT2D eigenvalue weighted by atomic mass is 9.97. The number of piperidine rings is 2.